The lowest BCUT2D eigenvalue weighted by Gasteiger charge is -2.35. The SMILES string of the molecule is CSc1cccc(N(CC2CCNCC2)C(C)C)c1C#N. The molecule has 1 aliphatic heterocycles. The van der Waals surface area contributed by atoms with Crippen molar-refractivity contribution in [1.29, 1.82) is 5.26 Å². The minimum Gasteiger partial charge on any atom is -0.368 e. The molecule has 1 aromatic rings. The van der Waals surface area contributed by atoms with Crippen LogP contribution in [-0.4, -0.2) is 31.9 Å². The zero-order valence-corrected chi connectivity index (χ0v) is 14.0. The standard InChI is InChI=1S/C17H25N3S/c1-13(2)20(12-14-7-9-19-10-8-14)16-5-4-6-17(21-3)15(16)11-18/h4-6,13-14,19H,7-10,12H2,1-3H3. The molecular weight excluding hydrogens is 278 g/mol. The van der Waals surface area contributed by atoms with E-state index in [1.807, 2.05) is 12.3 Å². The molecule has 1 fully saturated rings. The molecule has 2 rings (SSSR count). The van der Waals surface area contributed by atoms with Crippen LogP contribution in [0.5, 0.6) is 0 Å². The van der Waals surface area contributed by atoms with E-state index in [1.165, 1.54) is 12.8 Å². The lowest BCUT2D eigenvalue weighted by atomic mass is 9.96. The van der Waals surface area contributed by atoms with Crippen molar-refractivity contribution in [3.63, 3.8) is 0 Å². The van der Waals surface area contributed by atoms with Crippen molar-refractivity contribution in [3.8, 4) is 6.07 Å². The van der Waals surface area contributed by atoms with Crippen LogP contribution in [0.1, 0.15) is 32.3 Å². The Morgan fingerprint density at radius 2 is 2.10 bits per heavy atom. The van der Waals surface area contributed by atoms with Gasteiger partial charge in [-0.3, -0.25) is 0 Å². The van der Waals surface area contributed by atoms with Crippen LogP contribution >= 0.6 is 11.8 Å². The normalized spacial score (nSPS) is 16.0. The van der Waals surface area contributed by atoms with Gasteiger partial charge in [0.15, 0.2) is 0 Å². The van der Waals surface area contributed by atoms with Crippen molar-refractivity contribution in [1.82, 2.24) is 5.32 Å². The van der Waals surface area contributed by atoms with E-state index < -0.39 is 0 Å². The summed E-state index contributed by atoms with van der Waals surface area (Å²) in [4.78, 5) is 3.49. The van der Waals surface area contributed by atoms with Crippen molar-refractivity contribution in [2.24, 2.45) is 5.92 Å². The van der Waals surface area contributed by atoms with Crippen molar-refractivity contribution < 1.29 is 0 Å². The Morgan fingerprint density at radius 1 is 1.38 bits per heavy atom. The minimum atomic E-state index is 0.407. The number of benzene rings is 1. The molecule has 1 aliphatic rings. The van der Waals surface area contributed by atoms with Crippen LogP contribution in [0, 0.1) is 17.2 Å². The predicted octanol–water partition coefficient (Wildman–Crippen LogP) is 3.49. The Morgan fingerprint density at radius 3 is 2.67 bits per heavy atom. The monoisotopic (exact) mass is 303 g/mol. The van der Waals surface area contributed by atoms with Gasteiger partial charge in [-0.15, -0.1) is 11.8 Å². The molecular formula is C17H25N3S. The molecule has 114 valence electrons. The van der Waals surface area contributed by atoms with Gasteiger partial charge in [0.1, 0.15) is 6.07 Å². The van der Waals surface area contributed by atoms with Crippen LogP contribution in [0.4, 0.5) is 5.69 Å². The average Bonchev–Trinajstić information content (AvgIpc) is 2.52. The predicted molar refractivity (Wildman–Crippen MR) is 91.0 cm³/mol. The van der Waals surface area contributed by atoms with E-state index in [4.69, 9.17) is 0 Å². The maximum atomic E-state index is 9.57. The second-order valence-corrected chi connectivity index (χ2v) is 6.75. The first-order valence-corrected chi connectivity index (χ1v) is 8.94. The lowest BCUT2D eigenvalue weighted by molar-refractivity contribution is 0.367. The fourth-order valence-corrected chi connectivity index (χ4v) is 3.54. The topological polar surface area (TPSA) is 39.1 Å². The average molecular weight is 303 g/mol. The van der Waals surface area contributed by atoms with E-state index >= 15 is 0 Å². The smallest absolute Gasteiger partial charge is 0.103 e. The van der Waals surface area contributed by atoms with E-state index in [9.17, 15) is 5.26 Å². The van der Waals surface area contributed by atoms with Gasteiger partial charge in [-0.25, -0.2) is 0 Å². The Balaban J connectivity index is 2.27. The van der Waals surface area contributed by atoms with Gasteiger partial charge in [-0.1, -0.05) is 6.07 Å². The van der Waals surface area contributed by atoms with E-state index in [-0.39, 0.29) is 0 Å². The molecule has 0 spiro atoms. The minimum absolute atomic E-state index is 0.407. The van der Waals surface area contributed by atoms with Crippen molar-refractivity contribution in [3.05, 3.63) is 23.8 Å². The summed E-state index contributed by atoms with van der Waals surface area (Å²) in [5, 5.41) is 13.0. The van der Waals surface area contributed by atoms with Crippen LogP contribution in [-0.2, 0) is 0 Å². The summed E-state index contributed by atoms with van der Waals surface area (Å²) < 4.78 is 0. The van der Waals surface area contributed by atoms with E-state index in [0.717, 1.165) is 41.7 Å². The zero-order valence-electron chi connectivity index (χ0n) is 13.2. The third-order valence-corrected chi connectivity index (χ3v) is 4.96. The van der Waals surface area contributed by atoms with Gasteiger partial charge in [-0.05, 0) is 64.1 Å². The molecule has 0 atom stereocenters. The van der Waals surface area contributed by atoms with E-state index in [0.29, 0.717) is 6.04 Å². The largest absolute Gasteiger partial charge is 0.368 e. The summed E-state index contributed by atoms with van der Waals surface area (Å²) in [6.07, 6.45) is 4.49. The molecule has 0 amide bonds. The first kappa shape index (κ1) is 16.2. The summed E-state index contributed by atoms with van der Waals surface area (Å²) in [6.45, 7) is 7.72. The first-order chi connectivity index (χ1) is 10.2. The number of nitrogens with one attached hydrogen (secondary N) is 1. The van der Waals surface area contributed by atoms with Crippen LogP contribution in [0.2, 0.25) is 0 Å². The molecule has 1 aromatic carbocycles. The first-order valence-electron chi connectivity index (χ1n) is 7.71. The Labute approximate surface area is 132 Å². The molecule has 0 aromatic heterocycles. The molecule has 0 aliphatic carbocycles. The summed E-state index contributed by atoms with van der Waals surface area (Å²) in [5.41, 5.74) is 1.92. The number of piperidine rings is 1. The number of nitriles is 1. The van der Waals surface area contributed by atoms with Crippen molar-refractivity contribution in [2.75, 3.05) is 30.8 Å². The quantitative estimate of drug-likeness (QED) is 0.845. The number of thioether (sulfide) groups is 1. The van der Waals surface area contributed by atoms with Crippen LogP contribution < -0.4 is 10.2 Å². The van der Waals surface area contributed by atoms with Gasteiger partial charge in [0, 0.05) is 17.5 Å². The fourth-order valence-electron chi connectivity index (χ4n) is 2.97. The third-order valence-electron chi connectivity index (χ3n) is 4.18. The number of rotatable bonds is 5. The second-order valence-electron chi connectivity index (χ2n) is 5.91. The molecule has 0 saturated carbocycles. The van der Waals surface area contributed by atoms with Gasteiger partial charge in [0.05, 0.1) is 11.3 Å². The zero-order chi connectivity index (χ0) is 15.2. The summed E-state index contributed by atoms with van der Waals surface area (Å²) in [6, 6.07) is 9.02. The number of hydrogen-bond donors (Lipinski definition) is 1. The van der Waals surface area contributed by atoms with Crippen molar-refractivity contribution in [2.45, 2.75) is 37.6 Å². The molecule has 0 unspecified atom stereocenters. The molecule has 21 heavy (non-hydrogen) atoms. The van der Waals surface area contributed by atoms with Crippen LogP contribution in [0.25, 0.3) is 0 Å². The van der Waals surface area contributed by atoms with Gasteiger partial charge >= 0.3 is 0 Å². The maximum absolute atomic E-state index is 9.57. The van der Waals surface area contributed by atoms with Gasteiger partial charge in [-0.2, -0.15) is 5.26 Å². The molecule has 1 saturated heterocycles. The highest BCUT2D eigenvalue weighted by Crippen LogP contribution is 2.31. The molecule has 0 bridgehead atoms. The number of nitrogens with zero attached hydrogens (tertiary/aromatic N) is 2. The summed E-state index contributed by atoms with van der Waals surface area (Å²) >= 11 is 1.65. The fraction of sp³-hybridized carbons (Fsp3) is 0.588. The maximum Gasteiger partial charge on any atom is 0.103 e. The summed E-state index contributed by atoms with van der Waals surface area (Å²) in [5.74, 6) is 0.720. The Hall–Kier alpha value is -1.18. The molecule has 1 heterocycles. The Kier molecular flexibility index (Phi) is 5.96. The highest BCUT2D eigenvalue weighted by atomic mass is 32.2. The molecule has 1 N–H and O–H groups in total. The van der Waals surface area contributed by atoms with Crippen LogP contribution in [0.3, 0.4) is 0 Å². The van der Waals surface area contributed by atoms with Gasteiger partial charge < -0.3 is 10.2 Å². The summed E-state index contributed by atoms with van der Waals surface area (Å²) in [7, 11) is 0. The number of hydrogen-bond acceptors (Lipinski definition) is 4. The Bertz CT molecular complexity index is 501. The van der Waals surface area contributed by atoms with Gasteiger partial charge in [0.25, 0.3) is 0 Å². The third kappa shape index (κ3) is 3.93. The molecule has 0 radical (unpaired) electrons. The second kappa shape index (κ2) is 7.72. The highest BCUT2D eigenvalue weighted by Gasteiger charge is 2.22. The lowest BCUT2D eigenvalue weighted by Crippen LogP contribution is -2.40. The van der Waals surface area contributed by atoms with Gasteiger partial charge in [0.2, 0.25) is 0 Å². The van der Waals surface area contributed by atoms with E-state index in [2.05, 4.69) is 42.3 Å². The van der Waals surface area contributed by atoms with Crippen molar-refractivity contribution >= 4 is 17.4 Å². The number of anilines is 1. The highest BCUT2D eigenvalue weighted by molar-refractivity contribution is 7.98. The molecule has 4 heteroatoms. The van der Waals surface area contributed by atoms with E-state index in [1.54, 1.807) is 11.8 Å². The molecule has 3 nitrogen and oxygen atoms in total. The van der Waals surface area contributed by atoms with Crippen LogP contribution in [0.15, 0.2) is 23.1 Å².